The topological polar surface area (TPSA) is 40.2 Å². The minimum atomic E-state index is -0.405. The Hall–Kier alpha value is -1.74. The summed E-state index contributed by atoms with van der Waals surface area (Å²) in [6.45, 7) is 4.63. The average molecular weight is 228 g/mol. The lowest BCUT2D eigenvalue weighted by Gasteiger charge is -2.27. The number of nitrogens with zero attached hydrogens (tertiary/aromatic N) is 1. The van der Waals surface area contributed by atoms with Crippen molar-refractivity contribution in [3.63, 3.8) is 0 Å². The van der Waals surface area contributed by atoms with Crippen LogP contribution in [0, 0.1) is 0 Å². The van der Waals surface area contributed by atoms with Gasteiger partial charge in [0.05, 0.1) is 11.4 Å². The van der Waals surface area contributed by atoms with E-state index in [9.17, 15) is 0 Å². The van der Waals surface area contributed by atoms with E-state index >= 15 is 0 Å². The zero-order valence-corrected chi connectivity index (χ0v) is 10.1. The summed E-state index contributed by atoms with van der Waals surface area (Å²) in [7, 11) is 0. The van der Waals surface area contributed by atoms with Gasteiger partial charge in [-0.25, -0.2) is 0 Å². The van der Waals surface area contributed by atoms with Crippen LogP contribution in [0.3, 0.4) is 0 Å². The zero-order chi connectivity index (χ0) is 12.0. The molecule has 0 aliphatic carbocycles. The van der Waals surface area contributed by atoms with Crippen LogP contribution >= 0.6 is 0 Å². The highest BCUT2D eigenvalue weighted by Gasteiger charge is 2.25. The van der Waals surface area contributed by atoms with Gasteiger partial charge in [0.25, 0.3) is 0 Å². The zero-order valence-electron chi connectivity index (χ0n) is 10.1. The van der Waals surface area contributed by atoms with Crippen LogP contribution in [-0.2, 0) is 12.3 Å². The summed E-state index contributed by atoms with van der Waals surface area (Å²) >= 11 is 0. The maximum Gasteiger partial charge on any atom is 0.129 e. The van der Waals surface area contributed by atoms with Gasteiger partial charge in [0, 0.05) is 17.3 Å². The van der Waals surface area contributed by atoms with Gasteiger partial charge in [-0.2, -0.15) is 0 Å². The summed E-state index contributed by atoms with van der Waals surface area (Å²) in [5.74, 6) is 0.934. The molecular weight excluding hydrogens is 212 g/mol. The SMILES string of the molecule is CC(C)(N)n1ccc2c1-c1ccccc1OC2. The fourth-order valence-corrected chi connectivity index (χ4v) is 2.32. The van der Waals surface area contributed by atoms with Gasteiger partial charge in [-0.05, 0) is 32.0 Å². The van der Waals surface area contributed by atoms with Crippen LogP contribution in [0.4, 0.5) is 0 Å². The van der Waals surface area contributed by atoms with E-state index in [1.54, 1.807) is 0 Å². The Bertz CT molecular complexity index is 564. The number of ether oxygens (including phenoxy) is 1. The van der Waals surface area contributed by atoms with E-state index in [4.69, 9.17) is 10.5 Å². The van der Waals surface area contributed by atoms with E-state index in [1.165, 1.54) is 11.3 Å². The molecule has 0 saturated heterocycles. The second-order valence-electron chi connectivity index (χ2n) is 5.00. The van der Waals surface area contributed by atoms with Crippen molar-refractivity contribution in [2.24, 2.45) is 5.73 Å². The van der Waals surface area contributed by atoms with E-state index in [-0.39, 0.29) is 0 Å². The molecule has 0 unspecified atom stereocenters. The van der Waals surface area contributed by atoms with E-state index in [0.29, 0.717) is 6.61 Å². The normalized spacial score (nSPS) is 13.8. The Morgan fingerprint density at radius 1 is 1.24 bits per heavy atom. The monoisotopic (exact) mass is 228 g/mol. The first-order valence-electron chi connectivity index (χ1n) is 5.79. The van der Waals surface area contributed by atoms with Crippen molar-refractivity contribution in [3.8, 4) is 17.0 Å². The second-order valence-corrected chi connectivity index (χ2v) is 5.00. The van der Waals surface area contributed by atoms with Gasteiger partial charge in [-0.15, -0.1) is 0 Å². The lowest BCUT2D eigenvalue weighted by atomic mass is 10.0. The largest absolute Gasteiger partial charge is 0.488 e. The van der Waals surface area contributed by atoms with Gasteiger partial charge >= 0.3 is 0 Å². The van der Waals surface area contributed by atoms with Crippen LogP contribution in [0.5, 0.6) is 5.75 Å². The number of hydrogen-bond donors (Lipinski definition) is 1. The molecule has 0 amide bonds. The first-order valence-corrected chi connectivity index (χ1v) is 5.79. The van der Waals surface area contributed by atoms with E-state index in [0.717, 1.165) is 11.3 Å². The van der Waals surface area contributed by atoms with E-state index in [2.05, 4.69) is 16.7 Å². The average Bonchev–Trinajstić information content (AvgIpc) is 2.72. The lowest BCUT2D eigenvalue weighted by molar-refractivity contribution is 0.298. The molecule has 2 aromatic rings. The van der Waals surface area contributed by atoms with Gasteiger partial charge in [-0.3, -0.25) is 0 Å². The van der Waals surface area contributed by atoms with Crippen LogP contribution in [0.2, 0.25) is 0 Å². The number of para-hydroxylation sites is 1. The highest BCUT2D eigenvalue weighted by atomic mass is 16.5. The Morgan fingerprint density at radius 2 is 2.00 bits per heavy atom. The van der Waals surface area contributed by atoms with E-state index in [1.807, 2.05) is 38.2 Å². The van der Waals surface area contributed by atoms with Crippen molar-refractivity contribution in [2.45, 2.75) is 26.1 Å². The fraction of sp³-hybridized carbons (Fsp3) is 0.286. The molecule has 0 radical (unpaired) electrons. The third-order valence-corrected chi connectivity index (χ3v) is 3.12. The maximum atomic E-state index is 6.20. The summed E-state index contributed by atoms with van der Waals surface area (Å²) in [6.07, 6.45) is 2.04. The van der Waals surface area contributed by atoms with Gasteiger partial charge < -0.3 is 15.0 Å². The number of rotatable bonds is 1. The van der Waals surface area contributed by atoms with Crippen molar-refractivity contribution in [1.82, 2.24) is 4.57 Å². The molecular formula is C14H16N2O. The highest BCUT2D eigenvalue weighted by Crippen LogP contribution is 2.39. The first kappa shape index (κ1) is 10.4. The number of benzene rings is 1. The van der Waals surface area contributed by atoms with Crippen molar-refractivity contribution in [3.05, 3.63) is 42.1 Å². The minimum absolute atomic E-state index is 0.405. The summed E-state index contributed by atoms with van der Waals surface area (Å²) in [5, 5.41) is 0. The predicted molar refractivity (Wildman–Crippen MR) is 67.7 cm³/mol. The molecule has 88 valence electrons. The predicted octanol–water partition coefficient (Wildman–Crippen LogP) is 2.70. The smallest absolute Gasteiger partial charge is 0.129 e. The molecule has 0 fully saturated rings. The fourth-order valence-electron chi connectivity index (χ4n) is 2.32. The van der Waals surface area contributed by atoms with Crippen molar-refractivity contribution in [2.75, 3.05) is 0 Å². The van der Waals surface area contributed by atoms with Crippen molar-refractivity contribution >= 4 is 0 Å². The number of hydrogen-bond acceptors (Lipinski definition) is 2. The first-order chi connectivity index (χ1) is 8.07. The van der Waals surface area contributed by atoms with Gasteiger partial charge in [-0.1, -0.05) is 12.1 Å². The Balaban J connectivity index is 2.27. The molecule has 1 aromatic heterocycles. The molecule has 2 heterocycles. The summed E-state index contributed by atoms with van der Waals surface area (Å²) in [6, 6.07) is 10.2. The van der Waals surface area contributed by atoms with E-state index < -0.39 is 5.66 Å². The van der Waals surface area contributed by atoms with Crippen LogP contribution in [0.15, 0.2) is 36.5 Å². The Labute approximate surface area is 101 Å². The van der Waals surface area contributed by atoms with Crippen molar-refractivity contribution in [1.29, 1.82) is 0 Å². The Kier molecular flexibility index (Phi) is 2.07. The molecule has 3 nitrogen and oxygen atoms in total. The number of nitrogens with two attached hydrogens (primary N) is 1. The minimum Gasteiger partial charge on any atom is -0.488 e. The van der Waals surface area contributed by atoms with Crippen LogP contribution in [0.25, 0.3) is 11.3 Å². The maximum absolute atomic E-state index is 6.20. The summed E-state index contributed by atoms with van der Waals surface area (Å²) < 4.78 is 7.84. The lowest BCUT2D eigenvalue weighted by Crippen LogP contribution is -2.36. The Morgan fingerprint density at radius 3 is 2.76 bits per heavy atom. The molecule has 3 rings (SSSR count). The molecule has 0 atom stereocenters. The van der Waals surface area contributed by atoms with Crippen LogP contribution < -0.4 is 10.5 Å². The molecule has 1 aliphatic rings. The molecule has 0 spiro atoms. The van der Waals surface area contributed by atoms with Crippen LogP contribution in [0.1, 0.15) is 19.4 Å². The van der Waals surface area contributed by atoms with Crippen LogP contribution in [-0.4, -0.2) is 4.57 Å². The van der Waals surface area contributed by atoms with Crippen molar-refractivity contribution < 1.29 is 4.74 Å². The number of fused-ring (bicyclic) bond motifs is 3. The van der Waals surface area contributed by atoms with Gasteiger partial charge in [0.1, 0.15) is 12.4 Å². The standard InChI is InChI=1S/C14H16N2O/c1-14(2,15)16-8-7-10-9-17-12-6-4-3-5-11(12)13(10)16/h3-8H,9,15H2,1-2H3. The molecule has 0 bridgehead atoms. The van der Waals surface area contributed by atoms with Gasteiger partial charge in [0.15, 0.2) is 0 Å². The number of aromatic nitrogens is 1. The summed E-state index contributed by atoms with van der Waals surface area (Å²) in [4.78, 5) is 0. The summed E-state index contributed by atoms with van der Waals surface area (Å²) in [5.41, 5.74) is 9.30. The molecule has 1 aliphatic heterocycles. The molecule has 2 N–H and O–H groups in total. The molecule has 0 saturated carbocycles. The molecule has 17 heavy (non-hydrogen) atoms. The molecule has 3 heteroatoms. The molecule has 1 aromatic carbocycles. The third kappa shape index (κ3) is 1.54. The third-order valence-electron chi connectivity index (χ3n) is 3.12. The highest BCUT2D eigenvalue weighted by molar-refractivity contribution is 5.72. The second kappa shape index (κ2) is 3.37. The quantitative estimate of drug-likeness (QED) is 0.815. The van der Waals surface area contributed by atoms with Gasteiger partial charge in [0.2, 0.25) is 0 Å².